The number of amides is 1. The smallest absolute Gasteiger partial charge is 0.251 e. The maximum atomic E-state index is 15.3. The minimum absolute atomic E-state index is 0.0217. The molecule has 0 radical (unpaired) electrons. The first-order valence-corrected chi connectivity index (χ1v) is 12.0. The number of carbonyl (C=O) groups excluding carboxylic acids is 1. The summed E-state index contributed by atoms with van der Waals surface area (Å²) in [5, 5.41) is 8.93. The van der Waals surface area contributed by atoms with Crippen molar-refractivity contribution in [3.63, 3.8) is 0 Å². The van der Waals surface area contributed by atoms with Gasteiger partial charge in [0, 0.05) is 18.7 Å². The van der Waals surface area contributed by atoms with Gasteiger partial charge in [0.2, 0.25) is 5.91 Å². The molecule has 0 N–H and O–H groups in total. The van der Waals surface area contributed by atoms with Gasteiger partial charge >= 0.3 is 0 Å². The van der Waals surface area contributed by atoms with Crippen LogP contribution in [-0.2, 0) is 4.79 Å². The first-order chi connectivity index (χ1) is 17.5. The molecule has 0 unspecified atom stereocenters. The summed E-state index contributed by atoms with van der Waals surface area (Å²) in [5.41, 5.74) is 2.83. The molecule has 1 saturated carbocycles. The summed E-state index contributed by atoms with van der Waals surface area (Å²) in [7, 11) is 1.39. The summed E-state index contributed by atoms with van der Waals surface area (Å²) in [5.74, 6) is 0.00390. The summed E-state index contributed by atoms with van der Waals surface area (Å²) < 4.78 is 23.5. The SMILES string of the molecule is COc1cn(-c2ccc(N3CCCC3=O)cc2F)nc(-c2ccnn2-c2cccc(C3CC3)c2)c1=O. The van der Waals surface area contributed by atoms with Crippen molar-refractivity contribution in [2.45, 2.75) is 31.6 Å². The molecule has 8 nitrogen and oxygen atoms in total. The highest BCUT2D eigenvalue weighted by molar-refractivity contribution is 5.95. The molecular formula is C27H24FN5O3. The summed E-state index contributed by atoms with van der Waals surface area (Å²) in [4.78, 5) is 26.9. The highest BCUT2D eigenvalue weighted by Crippen LogP contribution is 2.40. The van der Waals surface area contributed by atoms with Crippen LogP contribution in [0.15, 0.2) is 65.7 Å². The number of rotatable bonds is 6. The van der Waals surface area contributed by atoms with E-state index in [-0.39, 0.29) is 23.0 Å². The van der Waals surface area contributed by atoms with E-state index in [1.165, 1.54) is 42.5 Å². The zero-order valence-electron chi connectivity index (χ0n) is 19.7. The van der Waals surface area contributed by atoms with Crippen LogP contribution in [-0.4, -0.2) is 39.1 Å². The number of aromatic nitrogens is 4. The van der Waals surface area contributed by atoms with Crippen LogP contribution in [0.4, 0.5) is 10.1 Å². The average molecular weight is 486 g/mol. The lowest BCUT2D eigenvalue weighted by molar-refractivity contribution is -0.117. The third kappa shape index (κ3) is 3.86. The van der Waals surface area contributed by atoms with Crippen LogP contribution >= 0.6 is 0 Å². The van der Waals surface area contributed by atoms with Crippen molar-refractivity contribution >= 4 is 11.6 Å². The van der Waals surface area contributed by atoms with Gasteiger partial charge in [-0.05, 0) is 67.1 Å². The number of hydrogen-bond donors (Lipinski definition) is 0. The molecule has 1 aliphatic carbocycles. The van der Waals surface area contributed by atoms with Crippen LogP contribution in [0.1, 0.15) is 37.2 Å². The number of hydrogen-bond acceptors (Lipinski definition) is 5. The Labute approximate surface area is 206 Å². The molecule has 3 heterocycles. The number of halogens is 1. The zero-order valence-corrected chi connectivity index (χ0v) is 19.7. The van der Waals surface area contributed by atoms with Gasteiger partial charge in [-0.25, -0.2) is 13.8 Å². The van der Waals surface area contributed by atoms with E-state index in [2.05, 4.69) is 22.3 Å². The van der Waals surface area contributed by atoms with Gasteiger partial charge in [0.05, 0.1) is 30.9 Å². The van der Waals surface area contributed by atoms with E-state index in [0.29, 0.717) is 30.3 Å². The predicted octanol–water partition coefficient (Wildman–Crippen LogP) is 4.24. The molecular weight excluding hydrogens is 461 g/mol. The van der Waals surface area contributed by atoms with E-state index in [4.69, 9.17) is 4.74 Å². The van der Waals surface area contributed by atoms with Gasteiger partial charge in [-0.15, -0.1) is 0 Å². The fourth-order valence-electron chi connectivity index (χ4n) is 4.69. The fraction of sp³-hybridized carbons (Fsp3) is 0.259. The quantitative estimate of drug-likeness (QED) is 0.408. The van der Waals surface area contributed by atoms with Crippen molar-refractivity contribution in [3.8, 4) is 28.5 Å². The molecule has 1 aliphatic heterocycles. The van der Waals surface area contributed by atoms with Gasteiger partial charge in [0.15, 0.2) is 17.3 Å². The Morgan fingerprint density at radius 3 is 2.64 bits per heavy atom. The maximum Gasteiger partial charge on any atom is 0.251 e. The lowest BCUT2D eigenvalue weighted by atomic mass is 10.1. The van der Waals surface area contributed by atoms with Crippen molar-refractivity contribution in [1.82, 2.24) is 19.6 Å². The molecule has 2 aromatic heterocycles. The molecule has 4 aromatic rings. The van der Waals surface area contributed by atoms with Gasteiger partial charge in [-0.1, -0.05) is 12.1 Å². The average Bonchev–Trinajstić information content (AvgIpc) is 3.47. The van der Waals surface area contributed by atoms with E-state index >= 15 is 4.39 Å². The molecule has 1 saturated heterocycles. The van der Waals surface area contributed by atoms with Crippen LogP contribution in [0.5, 0.6) is 5.75 Å². The number of carbonyl (C=O) groups is 1. The standard InChI is InChI=1S/C27H24FN5O3/c1-36-24-16-32(22-10-9-19(15-21(22)28)31-13-3-6-25(31)34)30-26(27(24)35)23-11-12-29-33(23)20-5-2-4-18(14-20)17-7-8-17/h2,4-5,9-12,14-17H,3,6-8,13H2,1H3. The van der Waals surface area contributed by atoms with Crippen LogP contribution in [0.2, 0.25) is 0 Å². The Balaban J connectivity index is 1.44. The van der Waals surface area contributed by atoms with Crippen LogP contribution < -0.4 is 15.1 Å². The zero-order chi connectivity index (χ0) is 24.8. The normalized spacial score (nSPS) is 15.5. The Morgan fingerprint density at radius 2 is 1.92 bits per heavy atom. The van der Waals surface area contributed by atoms with Crippen molar-refractivity contribution in [2.24, 2.45) is 0 Å². The third-order valence-corrected chi connectivity index (χ3v) is 6.72. The lowest BCUT2D eigenvalue weighted by Gasteiger charge is -2.17. The first-order valence-electron chi connectivity index (χ1n) is 12.0. The van der Waals surface area contributed by atoms with Gasteiger partial charge in [0.25, 0.3) is 5.43 Å². The van der Waals surface area contributed by atoms with E-state index in [0.717, 1.165) is 12.1 Å². The van der Waals surface area contributed by atoms with Gasteiger partial charge in [-0.2, -0.15) is 10.2 Å². The molecule has 0 spiro atoms. The van der Waals surface area contributed by atoms with E-state index < -0.39 is 11.2 Å². The van der Waals surface area contributed by atoms with Crippen molar-refractivity contribution in [3.05, 3.63) is 82.5 Å². The Kier molecular flexibility index (Phi) is 5.40. The van der Waals surface area contributed by atoms with E-state index in [9.17, 15) is 9.59 Å². The molecule has 2 aromatic carbocycles. The topological polar surface area (TPSA) is 82.2 Å². The predicted molar refractivity (Wildman–Crippen MR) is 132 cm³/mol. The molecule has 36 heavy (non-hydrogen) atoms. The van der Waals surface area contributed by atoms with Crippen molar-refractivity contribution in [1.29, 1.82) is 0 Å². The number of nitrogens with zero attached hydrogens (tertiary/aromatic N) is 5. The lowest BCUT2D eigenvalue weighted by Crippen LogP contribution is -2.24. The summed E-state index contributed by atoms with van der Waals surface area (Å²) in [6.07, 6.45) is 6.53. The molecule has 1 amide bonds. The number of benzene rings is 2. The molecule has 9 heteroatoms. The van der Waals surface area contributed by atoms with Crippen molar-refractivity contribution < 1.29 is 13.9 Å². The molecule has 0 bridgehead atoms. The van der Waals surface area contributed by atoms with Gasteiger partial charge in [0.1, 0.15) is 5.69 Å². The Morgan fingerprint density at radius 1 is 1.06 bits per heavy atom. The van der Waals surface area contributed by atoms with Gasteiger partial charge < -0.3 is 9.64 Å². The number of ether oxygens (including phenoxy) is 1. The summed E-state index contributed by atoms with van der Waals surface area (Å²) >= 11 is 0. The highest BCUT2D eigenvalue weighted by Gasteiger charge is 2.25. The second kappa shape index (κ2) is 8.75. The molecule has 2 aliphatic rings. The number of anilines is 1. The Bertz CT molecular complexity index is 1540. The summed E-state index contributed by atoms with van der Waals surface area (Å²) in [6.45, 7) is 0.567. The maximum absolute atomic E-state index is 15.3. The van der Waals surface area contributed by atoms with Crippen LogP contribution in [0.3, 0.4) is 0 Å². The van der Waals surface area contributed by atoms with E-state index in [1.807, 2.05) is 12.1 Å². The van der Waals surface area contributed by atoms with E-state index in [1.54, 1.807) is 34.0 Å². The second-order valence-electron chi connectivity index (χ2n) is 9.10. The highest BCUT2D eigenvalue weighted by atomic mass is 19.1. The minimum atomic E-state index is -0.568. The monoisotopic (exact) mass is 485 g/mol. The number of methoxy groups -OCH3 is 1. The third-order valence-electron chi connectivity index (χ3n) is 6.72. The Hall–Kier alpha value is -4.27. The summed E-state index contributed by atoms with van der Waals surface area (Å²) in [6, 6.07) is 14.3. The van der Waals surface area contributed by atoms with Crippen LogP contribution in [0, 0.1) is 5.82 Å². The van der Waals surface area contributed by atoms with Crippen LogP contribution in [0.25, 0.3) is 22.8 Å². The molecule has 0 atom stereocenters. The van der Waals surface area contributed by atoms with Gasteiger partial charge in [-0.3, -0.25) is 9.59 Å². The molecule has 182 valence electrons. The minimum Gasteiger partial charge on any atom is -0.491 e. The fourth-order valence-corrected chi connectivity index (χ4v) is 4.69. The molecule has 6 rings (SSSR count). The molecule has 2 fully saturated rings. The first kappa shape index (κ1) is 22.2. The second-order valence-corrected chi connectivity index (χ2v) is 9.10. The van der Waals surface area contributed by atoms with Crippen molar-refractivity contribution in [2.75, 3.05) is 18.6 Å². The largest absolute Gasteiger partial charge is 0.491 e.